The lowest BCUT2D eigenvalue weighted by atomic mass is 10.0. The first kappa shape index (κ1) is 11.9. The van der Waals surface area contributed by atoms with E-state index in [1.54, 1.807) is 0 Å². The van der Waals surface area contributed by atoms with Crippen molar-refractivity contribution in [1.29, 1.82) is 0 Å². The van der Waals surface area contributed by atoms with Gasteiger partial charge in [0.2, 0.25) is 0 Å². The van der Waals surface area contributed by atoms with Gasteiger partial charge in [-0.15, -0.1) is 0 Å². The Balaban J connectivity index is 2.30. The predicted molar refractivity (Wildman–Crippen MR) is 69.9 cm³/mol. The fraction of sp³-hybridized carbons (Fsp3) is 0.357. The predicted octanol–water partition coefficient (Wildman–Crippen LogP) is 2.38. The first-order valence-corrected chi connectivity index (χ1v) is 5.90. The normalized spacial score (nSPS) is 10.8. The molecule has 0 saturated carbocycles. The summed E-state index contributed by atoms with van der Waals surface area (Å²) in [7, 11) is 0. The maximum atomic E-state index is 5.59. The Labute approximate surface area is 102 Å². The molecule has 3 N–H and O–H groups in total. The quantitative estimate of drug-likeness (QED) is 0.849. The molecule has 3 heteroatoms. The summed E-state index contributed by atoms with van der Waals surface area (Å²) >= 11 is 0. The molecule has 0 aliphatic heterocycles. The second kappa shape index (κ2) is 4.72. The fourth-order valence-corrected chi connectivity index (χ4v) is 2.00. The van der Waals surface area contributed by atoms with Crippen LogP contribution < -0.4 is 5.73 Å². The van der Waals surface area contributed by atoms with Crippen LogP contribution in [0.15, 0.2) is 18.2 Å². The molecule has 2 rings (SSSR count). The number of nitrogens with zero attached hydrogens (tertiary/aromatic N) is 1. The number of rotatable bonds is 3. The number of hydrogen-bond donors (Lipinski definition) is 2. The third-order valence-corrected chi connectivity index (χ3v) is 3.09. The molecule has 0 saturated heterocycles. The van der Waals surface area contributed by atoms with Gasteiger partial charge in [-0.3, -0.25) is 0 Å². The second-order valence-corrected chi connectivity index (χ2v) is 4.57. The molecule has 3 nitrogen and oxygen atoms in total. The van der Waals surface area contributed by atoms with Gasteiger partial charge in [0.25, 0.3) is 0 Å². The van der Waals surface area contributed by atoms with E-state index in [1.165, 1.54) is 16.7 Å². The van der Waals surface area contributed by atoms with Crippen LogP contribution in [0, 0.1) is 20.8 Å². The lowest BCUT2D eigenvalue weighted by Crippen LogP contribution is -1.99. The molecule has 1 aromatic carbocycles. The van der Waals surface area contributed by atoms with Crippen LogP contribution in [0.2, 0.25) is 0 Å². The maximum Gasteiger partial charge on any atom is 0.120 e. The van der Waals surface area contributed by atoms with Crippen molar-refractivity contribution >= 4 is 0 Å². The molecule has 0 radical (unpaired) electrons. The number of aryl methyl sites for hydroxylation is 3. The number of H-pyrrole nitrogens is 1. The summed E-state index contributed by atoms with van der Waals surface area (Å²) in [5, 5.41) is 0. The van der Waals surface area contributed by atoms with Crippen LogP contribution in [0.5, 0.6) is 0 Å². The molecule has 0 bridgehead atoms. The van der Waals surface area contributed by atoms with Gasteiger partial charge >= 0.3 is 0 Å². The van der Waals surface area contributed by atoms with Gasteiger partial charge in [-0.05, 0) is 31.9 Å². The van der Waals surface area contributed by atoms with Crippen molar-refractivity contribution in [2.24, 2.45) is 5.73 Å². The molecule has 2 aromatic rings. The Hall–Kier alpha value is -1.61. The molecule has 0 aliphatic carbocycles. The topological polar surface area (TPSA) is 54.7 Å². The fourth-order valence-electron chi connectivity index (χ4n) is 2.00. The zero-order valence-corrected chi connectivity index (χ0v) is 10.7. The lowest BCUT2D eigenvalue weighted by molar-refractivity contribution is 0.934. The highest BCUT2D eigenvalue weighted by Crippen LogP contribution is 2.16. The van der Waals surface area contributed by atoms with Gasteiger partial charge in [-0.2, -0.15) is 0 Å². The van der Waals surface area contributed by atoms with E-state index < -0.39 is 0 Å². The minimum Gasteiger partial charge on any atom is -0.345 e. The summed E-state index contributed by atoms with van der Waals surface area (Å²) in [4.78, 5) is 7.73. The van der Waals surface area contributed by atoms with Crippen LogP contribution in [-0.2, 0) is 13.0 Å². The Morgan fingerprint density at radius 1 is 1.24 bits per heavy atom. The number of hydrogen-bond acceptors (Lipinski definition) is 2. The van der Waals surface area contributed by atoms with Crippen molar-refractivity contribution in [3.8, 4) is 0 Å². The van der Waals surface area contributed by atoms with Crippen molar-refractivity contribution in [3.63, 3.8) is 0 Å². The Kier molecular flexibility index (Phi) is 3.29. The lowest BCUT2D eigenvalue weighted by Gasteiger charge is -2.06. The SMILES string of the molecule is Cc1ccc(C)c(Cc2nc(CN)[nH]c2C)c1. The molecule has 0 spiro atoms. The van der Waals surface area contributed by atoms with E-state index >= 15 is 0 Å². The Morgan fingerprint density at radius 2 is 2.00 bits per heavy atom. The van der Waals surface area contributed by atoms with Crippen molar-refractivity contribution in [2.75, 3.05) is 0 Å². The third kappa shape index (κ3) is 2.56. The number of benzene rings is 1. The van der Waals surface area contributed by atoms with E-state index in [0.717, 1.165) is 23.6 Å². The van der Waals surface area contributed by atoms with E-state index in [1.807, 2.05) is 6.92 Å². The number of imidazole rings is 1. The first-order chi connectivity index (χ1) is 8.10. The van der Waals surface area contributed by atoms with Crippen LogP contribution in [0.3, 0.4) is 0 Å². The van der Waals surface area contributed by atoms with E-state index in [2.05, 4.69) is 42.0 Å². The van der Waals surface area contributed by atoms with E-state index in [9.17, 15) is 0 Å². The van der Waals surface area contributed by atoms with Crippen molar-refractivity contribution in [3.05, 3.63) is 52.1 Å². The smallest absolute Gasteiger partial charge is 0.120 e. The molecule has 0 unspecified atom stereocenters. The number of nitrogens with two attached hydrogens (primary N) is 1. The maximum absolute atomic E-state index is 5.59. The number of aromatic nitrogens is 2. The van der Waals surface area contributed by atoms with Gasteiger partial charge < -0.3 is 10.7 Å². The first-order valence-electron chi connectivity index (χ1n) is 5.90. The van der Waals surface area contributed by atoms with E-state index in [4.69, 9.17) is 5.73 Å². The van der Waals surface area contributed by atoms with Gasteiger partial charge in [0, 0.05) is 12.1 Å². The zero-order valence-electron chi connectivity index (χ0n) is 10.7. The molecule has 0 fully saturated rings. The number of nitrogens with one attached hydrogen (secondary N) is 1. The monoisotopic (exact) mass is 229 g/mol. The van der Waals surface area contributed by atoms with Gasteiger partial charge in [0.15, 0.2) is 0 Å². The molecule has 0 aliphatic rings. The van der Waals surface area contributed by atoms with Crippen LogP contribution in [0.4, 0.5) is 0 Å². The molecular weight excluding hydrogens is 210 g/mol. The molecular formula is C14H19N3. The largest absolute Gasteiger partial charge is 0.345 e. The second-order valence-electron chi connectivity index (χ2n) is 4.57. The van der Waals surface area contributed by atoms with Crippen molar-refractivity contribution < 1.29 is 0 Å². The summed E-state index contributed by atoms with van der Waals surface area (Å²) in [6.45, 7) is 6.77. The highest BCUT2D eigenvalue weighted by atomic mass is 14.9. The van der Waals surface area contributed by atoms with Gasteiger partial charge in [-0.1, -0.05) is 23.8 Å². The van der Waals surface area contributed by atoms with Crippen LogP contribution in [0.25, 0.3) is 0 Å². The highest BCUT2D eigenvalue weighted by molar-refractivity contribution is 5.34. The van der Waals surface area contributed by atoms with E-state index in [0.29, 0.717) is 6.54 Å². The molecule has 1 aromatic heterocycles. The van der Waals surface area contributed by atoms with E-state index in [-0.39, 0.29) is 0 Å². The Morgan fingerprint density at radius 3 is 2.65 bits per heavy atom. The molecule has 17 heavy (non-hydrogen) atoms. The summed E-state index contributed by atoms with van der Waals surface area (Å²) in [5.41, 5.74) is 11.7. The van der Waals surface area contributed by atoms with Crippen molar-refractivity contribution in [2.45, 2.75) is 33.7 Å². The van der Waals surface area contributed by atoms with Crippen LogP contribution >= 0.6 is 0 Å². The molecule has 0 amide bonds. The molecule has 1 heterocycles. The average molecular weight is 229 g/mol. The summed E-state index contributed by atoms with van der Waals surface area (Å²) in [6, 6.07) is 6.53. The van der Waals surface area contributed by atoms with Crippen LogP contribution in [-0.4, -0.2) is 9.97 Å². The summed E-state index contributed by atoms with van der Waals surface area (Å²) in [6.07, 6.45) is 0.871. The van der Waals surface area contributed by atoms with Gasteiger partial charge in [0.05, 0.1) is 12.2 Å². The van der Waals surface area contributed by atoms with Gasteiger partial charge in [0.1, 0.15) is 5.82 Å². The molecule has 90 valence electrons. The van der Waals surface area contributed by atoms with Gasteiger partial charge in [-0.25, -0.2) is 4.98 Å². The minimum absolute atomic E-state index is 0.466. The van der Waals surface area contributed by atoms with Crippen molar-refractivity contribution in [1.82, 2.24) is 9.97 Å². The van der Waals surface area contributed by atoms with Crippen LogP contribution in [0.1, 0.15) is 33.9 Å². The zero-order chi connectivity index (χ0) is 12.4. The third-order valence-electron chi connectivity index (χ3n) is 3.09. The summed E-state index contributed by atoms with van der Waals surface area (Å²) < 4.78 is 0. The summed E-state index contributed by atoms with van der Waals surface area (Å²) in [5.74, 6) is 0.864. The highest BCUT2D eigenvalue weighted by Gasteiger charge is 2.08. The number of aromatic amines is 1. The minimum atomic E-state index is 0.466. The molecule has 0 atom stereocenters. The average Bonchev–Trinajstić information content (AvgIpc) is 2.65. The standard InChI is InChI=1S/C14H19N3/c1-9-4-5-10(2)12(6-9)7-13-11(3)16-14(8-15)17-13/h4-6H,7-8,15H2,1-3H3,(H,16,17). The Bertz CT molecular complexity index is 526.